The van der Waals surface area contributed by atoms with Crippen LogP contribution in [0.15, 0.2) is 29.3 Å². The average molecular weight is 258 g/mol. The Hall–Kier alpha value is -1.84. The molecule has 0 bridgehead atoms. The zero-order valence-corrected chi connectivity index (χ0v) is 11.1. The van der Waals surface area contributed by atoms with Crippen LogP contribution in [0.1, 0.15) is 18.4 Å². The van der Waals surface area contributed by atoms with Gasteiger partial charge in [-0.05, 0) is 36.8 Å². The lowest BCUT2D eigenvalue weighted by atomic mass is 9.72. The van der Waals surface area contributed by atoms with Crippen LogP contribution in [0.25, 0.3) is 0 Å². The maximum Gasteiger partial charge on any atom is 0.231 e. The minimum Gasteiger partial charge on any atom is -0.497 e. The molecule has 4 heteroatoms. The molecule has 2 aliphatic rings. The first-order valence-electron chi connectivity index (χ1n) is 6.64. The number of amides is 1. The van der Waals surface area contributed by atoms with E-state index in [-0.39, 0.29) is 11.3 Å². The van der Waals surface area contributed by atoms with Crippen LogP contribution in [0.4, 0.5) is 0 Å². The van der Waals surface area contributed by atoms with Gasteiger partial charge >= 0.3 is 0 Å². The number of likely N-dealkylation sites (tertiary alicyclic amines) is 1. The maximum atomic E-state index is 12.3. The third kappa shape index (κ3) is 2.11. The van der Waals surface area contributed by atoms with Crippen LogP contribution < -0.4 is 4.74 Å². The van der Waals surface area contributed by atoms with E-state index in [1.54, 1.807) is 7.11 Å². The van der Waals surface area contributed by atoms with Gasteiger partial charge in [0.25, 0.3) is 0 Å². The number of hydrogen-bond acceptors (Lipinski definition) is 3. The molecule has 1 amide bonds. The van der Waals surface area contributed by atoms with Gasteiger partial charge in [-0.2, -0.15) is 0 Å². The van der Waals surface area contributed by atoms with Gasteiger partial charge < -0.3 is 9.64 Å². The van der Waals surface area contributed by atoms with Crippen LogP contribution in [-0.2, 0) is 11.3 Å². The first kappa shape index (κ1) is 12.2. The number of β-lactam (4-membered cyclic amide) rings is 1. The SMILES string of the molecule is COc1ccc(CN2CC3(CC=NCC3)C2=O)cc1. The molecule has 19 heavy (non-hydrogen) atoms. The lowest BCUT2D eigenvalue weighted by Gasteiger charge is -2.49. The minimum absolute atomic E-state index is 0.131. The number of carbonyl (C=O) groups excluding carboxylic acids is 1. The van der Waals surface area contributed by atoms with Crippen LogP contribution in [0.5, 0.6) is 5.75 Å². The molecule has 2 aliphatic heterocycles. The molecular formula is C15H18N2O2. The van der Waals surface area contributed by atoms with E-state index >= 15 is 0 Å². The highest BCUT2D eigenvalue weighted by molar-refractivity contribution is 5.91. The quantitative estimate of drug-likeness (QED) is 0.777. The van der Waals surface area contributed by atoms with Gasteiger partial charge in [-0.1, -0.05) is 12.1 Å². The summed E-state index contributed by atoms with van der Waals surface area (Å²) in [6.45, 7) is 2.35. The molecule has 3 rings (SSSR count). The number of methoxy groups -OCH3 is 1. The number of aliphatic imine (C=N–C) groups is 1. The van der Waals surface area contributed by atoms with E-state index in [2.05, 4.69) is 4.99 Å². The van der Waals surface area contributed by atoms with Crippen LogP contribution in [0.2, 0.25) is 0 Å². The zero-order valence-electron chi connectivity index (χ0n) is 11.1. The normalized spacial score (nSPS) is 25.5. The van der Waals surface area contributed by atoms with E-state index in [9.17, 15) is 4.79 Å². The molecule has 0 saturated carbocycles. The lowest BCUT2D eigenvalue weighted by Crippen LogP contribution is -2.61. The summed E-state index contributed by atoms with van der Waals surface area (Å²) in [5.41, 5.74) is 1.02. The summed E-state index contributed by atoms with van der Waals surface area (Å²) in [5.74, 6) is 1.13. The van der Waals surface area contributed by atoms with Crippen molar-refractivity contribution < 1.29 is 9.53 Å². The summed E-state index contributed by atoms with van der Waals surface area (Å²) >= 11 is 0. The minimum atomic E-state index is -0.131. The zero-order chi connectivity index (χ0) is 13.3. The summed E-state index contributed by atoms with van der Waals surface area (Å²) in [7, 11) is 1.66. The highest BCUT2D eigenvalue weighted by Crippen LogP contribution is 2.40. The molecule has 1 unspecified atom stereocenters. The summed E-state index contributed by atoms with van der Waals surface area (Å²) in [6.07, 6.45) is 3.62. The number of carbonyl (C=O) groups is 1. The maximum absolute atomic E-state index is 12.3. The Labute approximate surface area is 113 Å². The van der Waals surface area contributed by atoms with Crippen molar-refractivity contribution in [1.29, 1.82) is 0 Å². The van der Waals surface area contributed by atoms with Crippen LogP contribution in [0, 0.1) is 5.41 Å². The van der Waals surface area contributed by atoms with E-state index in [0.717, 1.165) is 37.2 Å². The Morgan fingerprint density at radius 1 is 1.37 bits per heavy atom. The Balaban J connectivity index is 1.63. The van der Waals surface area contributed by atoms with Crippen molar-refractivity contribution in [2.45, 2.75) is 19.4 Å². The summed E-state index contributed by atoms with van der Waals surface area (Å²) in [4.78, 5) is 18.4. The number of ether oxygens (including phenoxy) is 1. The van der Waals surface area contributed by atoms with E-state index in [1.807, 2.05) is 35.4 Å². The predicted octanol–water partition coefficient (Wildman–Crippen LogP) is 1.89. The fourth-order valence-corrected chi connectivity index (χ4v) is 2.88. The van der Waals surface area contributed by atoms with Crippen LogP contribution in [0.3, 0.4) is 0 Å². The molecular weight excluding hydrogens is 240 g/mol. The van der Waals surface area contributed by atoms with Crippen molar-refractivity contribution >= 4 is 12.1 Å². The molecule has 1 aromatic rings. The van der Waals surface area contributed by atoms with Gasteiger partial charge in [-0.15, -0.1) is 0 Å². The molecule has 1 aromatic carbocycles. The molecule has 100 valence electrons. The third-order valence-electron chi connectivity index (χ3n) is 4.10. The van der Waals surface area contributed by atoms with Gasteiger partial charge in [-0.25, -0.2) is 0 Å². The van der Waals surface area contributed by atoms with Crippen molar-refractivity contribution in [3.63, 3.8) is 0 Å². The highest BCUT2D eigenvalue weighted by Gasteiger charge is 2.51. The second-order valence-corrected chi connectivity index (χ2v) is 5.33. The first-order chi connectivity index (χ1) is 9.23. The Morgan fingerprint density at radius 2 is 2.16 bits per heavy atom. The summed E-state index contributed by atoms with van der Waals surface area (Å²) in [6, 6.07) is 7.89. The second kappa shape index (κ2) is 4.68. The Bertz CT molecular complexity index is 509. The predicted molar refractivity (Wildman–Crippen MR) is 73.4 cm³/mol. The second-order valence-electron chi connectivity index (χ2n) is 5.33. The Kier molecular flexibility index (Phi) is 3.01. The van der Waals surface area contributed by atoms with Gasteiger partial charge in [0, 0.05) is 19.6 Å². The summed E-state index contributed by atoms with van der Waals surface area (Å²) < 4.78 is 5.13. The van der Waals surface area contributed by atoms with E-state index in [0.29, 0.717) is 6.54 Å². The van der Waals surface area contributed by atoms with Crippen molar-refractivity contribution in [1.82, 2.24) is 4.90 Å². The first-order valence-corrected chi connectivity index (χ1v) is 6.64. The highest BCUT2D eigenvalue weighted by atomic mass is 16.5. The fraction of sp³-hybridized carbons (Fsp3) is 0.467. The number of benzene rings is 1. The molecule has 1 saturated heterocycles. The van der Waals surface area contributed by atoms with Gasteiger partial charge in [0.05, 0.1) is 12.5 Å². The molecule has 0 radical (unpaired) electrons. The van der Waals surface area contributed by atoms with E-state index in [1.165, 1.54) is 0 Å². The molecule has 2 heterocycles. The lowest BCUT2D eigenvalue weighted by molar-refractivity contribution is -0.161. The molecule has 1 atom stereocenters. The largest absolute Gasteiger partial charge is 0.497 e. The van der Waals surface area contributed by atoms with Crippen LogP contribution >= 0.6 is 0 Å². The van der Waals surface area contributed by atoms with Gasteiger partial charge in [0.15, 0.2) is 0 Å². The van der Waals surface area contributed by atoms with E-state index < -0.39 is 0 Å². The van der Waals surface area contributed by atoms with Crippen molar-refractivity contribution in [2.24, 2.45) is 10.4 Å². The van der Waals surface area contributed by atoms with Crippen molar-refractivity contribution in [2.75, 3.05) is 20.2 Å². The van der Waals surface area contributed by atoms with E-state index in [4.69, 9.17) is 4.74 Å². The smallest absolute Gasteiger partial charge is 0.231 e. The molecule has 0 aliphatic carbocycles. The molecule has 1 fully saturated rings. The Morgan fingerprint density at radius 3 is 2.74 bits per heavy atom. The number of nitrogens with zero attached hydrogens (tertiary/aromatic N) is 2. The van der Waals surface area contributed by atoms with Crippen LogP contribution in [-0.4, -0.2) is 37.2 Å². The monoisotopic (exact) mass is 258 g/mol. The number of rotatable bonds is 3. The van der Waals surface area contributed by atoms with Crippen molar-refractivity contribution in [3.05, 3.63) is 29.8 Å². The molecule has 4 nitrogen and oxygen atoms in total. The molecule has 0 N–H and O–H groups in total. The average Bonchev–Trinajstić information content (AvgIpc) is 2.48. The molecule has 0 aromatic heterocycles. The number of hydrogen-bond donors (Lipinski definition) is 0. The fourth-order valence-electron chi connectivity index (χ4n) is 2.88. The van der Waals surface area contributed by atoms with Gasteiger partial charge in [0.1, 0.15) is 5.75 Å². The van der Waals surface area contributed by atoms with Gasteiger partial charge in [-0.3, -0.25) is 9.79 Å². The topological polar surface area (TPSA) is 41.9 Å². The standard InChI is InChI=1S/C15H18N2O2/c1-19-13-4-2-12(3-5-13)10-17-11-15(14(17)18)6-8-16-9-7-15/h2-5,8H,6-7,9-11H2,1H3. The molecule has 1 spiro atoms. The van der Waals surface area contributed by atoms with Crippen molar-refractivity contribution in [3.8, 4) is 5.75 Å². The van der Waals surface area contributed by atoms with Gasteiger partial charge in [0.2, 0.25) is 5.91 Å². The summed E-state index contributed by atoms with van der Waals surface area (Å²) in [5, 5.41) is 0. The third-order valence-corrected chi connectivity index (χ3v) is 4.10.